The van der Waals surface area contributed by atoms with Crippen LogP contribution in [0.1, 0.15) is 29.6 Å². The van der Waals surface area contributed by atoms with Gasteiger partial charge in [-0.2, -0.15) is 0 Å². The van der Waals surface area contributed by atoms with Crippen molar-refractivity contribution in [2.24, 2.45) is 7.05 Å². The number of aromatic nitrogens is 1. The molecule has 3 nitrogen and oxygen atoms in total. The molecule has 1 aromatic heterocycles. The number of nitrogens with zero attached hydrogens (tertiary/aromatic N) is 2. The molecule has 1 aromatic carbocycles. The fraction of sp³-hybridized carbons (Fsp3) is 0.438. The molecule has 2 aromatic rings. The fourth-order valence-corrected chi connectivity index (χ4v) is 2.96. The zero-order chi connectivity index (χ0) is 13.2. The van der Waals surface area contributed by atoms with Crippen LogP contribution in [-0.2, 0) is 7.05 Å². The Labute approximate surface area is 126 Å². The summed E-state index contributed by atoms with van der Waals surface area (Å²) in [6, 6.07) is 8.12. The van der Waals surface area contributed by atoms with Crippen molar-refractivity contribution in [3.63, 3.8) is 0 Å². The van der Waals surface area contributed by atoms with Crippen LogP contribution >= 0.6 is 12.4 Å². The predicted molar refractivity (Wildman–Crippen MR) is 84.8 cm³/mol. The molecule has 2 heterocycles. The Morgan fingerprint density at radius 2 is 1.90 bits per heavy atom. The third-order valence-corrected chi connectivity index (χ3v) is 4.05. The topological polar surface area (TPSA) is 25.2 Å². The SMILES string of the molecule is Cl.Cn1cc(C(=O)CCN2CCCC2)c2ccccc21. The number of hydrogen-bond donors (Lipinski definition) is 0. The van der Waals surface area contributed by atoms with Gasteiger partial charge in [0.15, 0.2) is 5.78 Å². The minimum atomic E-state index is 0. The average molecular weight is 293 g/mol. The quantitative estimate of drug-likeness (QED) is 0.808. The lowest BCUT2D eigenvalue weighted by Crippen LogP contribution is -2.22. The van der Waals surface area contributed by atoms with Gasteiger partial charge in [0.05, 0.1) is 0 Å². The Kier molecular flexibility index (Phi) is 4.84. The second-order valence-electron chi connectivity index (χ2n) is 5.39. The summed E-state index contributed by atoms with van der Waals surface area (Å²) in [5.74, 6) is 0.267. The van der Waals surface area contributed by atoms with Crippen LogP contribution in [0, 0.1) is 0 Å². The molecule has 4 heteroatoms. The van der Waals surface area contributed by atoms with Gasteiger partial charge in [0.25, 0.3) is 0 Å². The molecule has 0 N–H and O–H groups in total. The fourth-order valence-electron chi connectivity index (χ4n) is 2.96. The van der Waals surface area contributed by atoms with Crippen LogP contribution in [-0.4, -0.2) is 34.9 Å². The van der Waals surface area contributed by atoms with Gasteiger partial charge in [-0.3, -0.25) is 4.79 Å². The van der Waals surface area contributed by atoms with E-state index < -0.39 is 0 Å². The molecule has 1 saturated heterocycles. The number of carbonyl (C=O) groups excluding carboxylic acids is 1. The van der Waals surface area contributed by atoms with Gasteiger partial charge >= 0.3 is 0 Å². The maximum Gasteiger partial charge on any atom is 0.166 e. The van der Waals surface area contributed by atoms with Gasteiger partial charge in [0.1, 0.15) is 0 Å². The van der Waals surface area contributed by atoms with Crippen LogP contribution < -0.4 is 0 Å². The van der Waals surface area contributed by atoms with E-state index in [2.05, 4.69) is 11.0 Å². The minimum absolute atomic E-state index is 0. The van der Waals surface area contributed by atoms with E-state index in [1.54, 1.807) is 0 Å². The molecule has 0 radical (unpaired) electrons. The van der Waals surface area contributed by atoms with Gasteiger partial charge in [-0.05, 0) is 32.0 Å². The number of ketones is 1. The molecule has 0 amide bonds. The number of Topliss-reactive ketones (excluding diaryl/α,β-unsaturated/α-hetero) is 1. The van der Waals surface area contributed by atoms with E-state index >= 15 is 0 Å². The monoisotopic (exact) mass is 292 g/mol. The molecule has 0 unspecified atom stereocenters. The molecule has 3 rings (SSSR count). The minimum Gasteiger partial charge on any atom is -0.350 e. The van der Waals surface area contributed by atoms with Gasteiger partial charge in [-0.15, -0.1) is 12.4 Å². The lowest BCUT2D eigenvalue weighted by Gasteiger charge is -2.13. The van der Waals surface area contributed by atoms with E-state index in [0.29, 0.717) is 6.42 Å². The third kappa shape index (κ3) is 2.89. The maximum atomic E-state index is 12.4. The molecule has 108 valence electrons. The maximum absolute atomic E-state index is 12.4. The van der Waals surface area contributed by atoms with Crippen molar-refractivity contribution in [1.29, 1.82) is 0 Å². The molecule has 1 fully saturated rings. The molecule has 0 spiro atoms. The lowest BCUT2D eigenvalue weighted by molar-refractivity contribution is 0.0970. The Balaban J connectivity index is 0.00000147. The number of para-hydroxylation sites is 1. The van der Waals surface area contributed by atoms with Gasteiger partial charge in [-0.1, -0.05) is 18.2 Å². The first-order chi connectivity index (χ1) is 9.25. The third-order valence-electron chi connectivity index (χ3n) is 4.05. The molecule has 20 heavy (non-hydrogen) atoms. The van der Waals surface area contributed by atoms with E-state index in [9.17, 15) is 4.79 Å². The summed E-state index contributed by atoms with van der Waals surface area (Å²) in [7, 11) is 2.00. The van der Waals surface area contributed by atoms with Crippen LogP contribution in [0.4, 0.5) is 0 Å². The zero-order valence-electron chi connectivity index (χ0n) is 11.8. The molecule has 0 atom stereocenters. The van der Waals surface area contributed by atoms with E-state index in [-0.39, 0.29) is 18.2 Å². The predicted octanol–water partition coefficient (Wildman–Crippen LogP) is 3.27. The summed E-state index contributed by atoms with van der Waals surface area (Å²) in [5, 5.41) is 1.08. The van der Waals surface area contributed by atoms with E-state index in [0.717, 1.165) is 36.1 Å². The lowest BCUT2D eigenvalue weighted by atomic mass is 10.1. The van der Waals surface area contributed by atoms with E-state index in [1.165, 1.54) is 12.8 Å². The first-order valence-corrected chi connectivity index (χ1v) is 7.05. The number of fused-ring (bicyclic) bond motifs is 1. The highest BCUT2D eigenvalue weighted by molar-refractivity contribution is 6.08. The van der Waals surface area contributed by atoms with Gasteiger partial charge < -0.3 is 9.47 Å². The van der Waals surface area contributed by atoms with Crippen molar-refractivity contribution in [2.75, 3.05) is 19.6 Å². The molecule has 0 saturated carbocycles. The molecule has 0 aliphatic carbocycles. The van der Waals surface area contributed by atoms with E-state index in [1.807, 2.05) is 36.0 Å². The molecule has 0 bridgehead atoms. The van der Waals surface area contributed by atoms with Crippen molar-refractivity contribution >= 4 is 29.1 Å². The Bertz CT molecular complexity index is 600. The van der Waals surface area contributed by atoms with Gasteiger partial charge in [-0.25, -0.2) is 0 Å². The van der Waals surface area contributed by atoms with Crippen molar-refractivity contribution in [3.05, 3.63) is 36.0 Å². The first kappa shape index (κ1) is 15.1. The van der Waals surface area contributed by atoms with Crippen LogP contribution in [0.2, 0.25) is 0 Å². The van der Waals surface area contributed by atoms with Gasteiger partial charge in [0.2, 0.25) is 0 Å². The number of likely N-dealkylation sites (tertiary alicyclic amines) is 1. The number of aryl methyl sites for hydroxylation is 1. The Hall–Kier alpha value is -1.32. The Morgan fingerprint density at radius 1 is 1.20 bits per heavy atom. The normalized spacial score (nSPS) is 15.4. The number of carbonyl (C=O) groups is 1. The average Bonchev–Trinajstić information content (AvgIpc) is 3.05. The van der Waals surface area contributed by atoms with Crippen molar-refractivity contribution < 1.29 is 4.79 Å². The van der Waals surface area contributed by atoms with Crippen LogP contribution in [0.3, 0.4) is 0 Å². The number of hydrogen-bond acceptors (Lipinski definition) is 2. The molecule has 1 aliphatic heterocycles. The highest BCUT2D eigenvalue weighted by Crippen LogP contribution is 2.21. The Morgan fingerprint density at radius 3 is 2.65 bits per heavy atom. The summed E-state index contributed by atoms with van der Waals surface area (Å²) >= 11 is 0. The van der Waals surface area contributed by atoms with Crippen molar-refractivity contribution in [2.45, 2.75) is 19.3 Å². The zero-order valence-corrected chi connectivity index (χ0v) is 12.7. The summed E-state index contributed by atoms with van der Waals surface area (Å²) in [5.41, 5.74) is 2.00. The first-order valence-electron chi connectivity index (χ1n) is 7.05. The van der Waals surface area contributed by atoms with Gasteiger partial charge in [0, 0.05) is 42.7 Å². The summed E-state index contributed by atoms with van der Waals surface area (Å²) in [6.45, 7) is 3.22. The summed E-state index contributed by atoms with van der Waals surface area (Å²) < 4.78 is 2.04. The summed E-state index contributed by atoms with van der Waals surface area (Å²) in [6.07, 6.45) is 5.16. The largest absolute Gasteiger partial charge is 0.350 e. The highest BCUT2D eigenvalue weighted by atomic mass is 35.5. The standard InChI is InChI=1S/C16H20N2O.ClH/c1-17-12-14(13-6-2-3-7-15(13)17)16(19)8-11-18-9-4-5-10-18;/h2-3,6-7,12H,4-5,8-11H2,1H3;1H. The smallest absolute Gasteiger partial charge is 0.166 e. The second kappa shape index (κ2) is 6.42. The highest BCUT2D eigenvalue weighted by Gasteiger charge is 2.16. The molecular formula is C16H21ClN2O. The van der Waals surface area contributed by atoms with Crippen LogP contribution in [0.15, 0.2) is 30.5 Å². The van der Waals surface area contributed by atoms with Crippen LogP contribution in [0.25, 0.3) is 10.9 Å². The number of rotatable bonds is 4. The van der Waals surface area contributed by atoms with Crippen molar-refractivity contribution in [1.82, 2.24) is 9.47 Å². The molecule has 1 aliphatic rings. The number of halogens is 1. The van der Waals surface area contributed by atoms with E-state index in [4.69, 9.17) is 0 Å². The number of benzene rings is 1. The second-order valence-corrected chi connectivity index (χ2v) is 5.39. The molecular weight excluding hydrogens is 272 g/mol. The summed E-state index contributed by atoms with van der Waals surface area (Å²) in [4.78, 5) is 14.8. The van der Waals surface area contributed by atoms with Crippen LogP contribution in [0.5, 0.6) is 0 Å². The van der Waals surface area contributed by atoms with Crippen molar-refractivity contribution in [3.8, 4) is 0 Å².